The molecule has 0 radical (unpaired) electrons. The van der Waals surface area contributed by atoms with Crippen molar-refractivity contribution in [1.29, 1.82) is 5.26 Å². The average molecular weight is 324 g/mol. The van der Waals surface area contributed by atoms with E-state index in [1.54, 1.807) is 30.3 Å². The number of nitrogens with zero attached hydrogens (tertiary/aromatic N) is 1. The molecule has 0 fully saturated rings. The molecule has 0 aliphatic carbocycles. The molecule has 2 aromatic rings. The van der Waals surface area contributed by atoms with Gasteiger partial charge in [0.05, 0.1) is 17.6 Å². The molecule has 0 amide bonds. The third-order valence-electron chi connectivity index (χ3n) is 3.40. The highest BCUT2D eigenvalue weighted by molar-refractivity contribution is 6.30. The van der Waals surface area contributed by atoms with Crippen molar-refractivity contribution in [3.8, 4) is 6.07 Å². The predicted molar refractivity (Wildman–Crippen MR) is 79.6 cm³/mol. The van der Waals surface area contributed by atoms with E-state index in [-0.39, 0.29) is 5.92 Å². The Kier molecular flexibility index (Phi) is 5.10. The summed E-state index contributed by atoms with van der Waals surface area (Å²) < 4.78 is 38.0. The summed E-state index contributed by atoms with van der Waals surface area (Å²) in [6, 6.07) is 14.3. The SMILES string of the molecule is N#CC(CCc1cccc(C(F)(F)F)c1)c1ccc(Cl)cc1. The number of benzene rings is 2. The van der Waals surface area contributed by atoms with Crippen molar-refractivity contribution in [3.05, 3.63) is 70.2 Å². The third kappa shape index (κ3) is 4.25. The van der Waals surface area contributed by atoms with Crippen LogP contribution < -0.4 is 0 Å². The van der Waals surface area contributed by atoms with Crippen molar-refractivity contribution < 1.29 is 13.2 Å². The Balaban J connectivity index is 2.08. The maximum absolute atomic E-state index is 12.7. The molecule has 22 heavy (non-hydrogen) atoms. The first-order valence-corrected chi connectivity index (χ1v) is 7.09. The zero-order valence-corrected chi connectivity index (χ0v) is 12.3. The highest BCUT2D eigenvalue weighted by Gasteiger charge is 2.30. The summed E-state index contributed by atoms with van der Waals surface area (Å²) in [5.41, 5.74) is 0.730. The lowest BCUT2D eigenvalue weighted by Crippen LogP contribution is -2.05. The van der Waals surface area contributed by atoms with E-state index in [0.29, 0.717) is 23.4 Å². The maximum atomic E-state index is 12.7. The lowest BCUT2D eigenvalue weighted by Gasteiger charge is -2.11. The Morgan fingerprint density at radius 3 is 2.36 bits per heavy atom. The van der Waals surface area contributed by atoms with Gasteiger partial charge in [-0.3, -0.25) is 0 Å². The smallest absolute Gasteiger partial charge is 0.198 e. The summed E-state index contributed by atoms with van der Waals surface area (Å²) in [6.45, 7) is 0. The van der Waals surface area contributed by atoms with Gasteiger partial charge in [-0.1, -0.05) is 41.9 Å². The van der Waals surface area contributed by atoms with Gasteiger partial charge in [0.1, 0.15) is 0 Å². The number of hydrogen-bond acceptors (Lipinski definition) is 1. The summed E-state index contributed by atoms with van der Waals surface area (Å²) in [4.78, 5) is 0. The van der Waals surface area contributed by atoms with Crippen LogP contribution in [0.3, 0.4) is 0 Å². The summed E-state index contributed by atoms with van der Waals surface area (Å²) >= 11 is 5.80. The van der Waals surface area contributed by atoms with E-state index < -0.39 is 11.7 Å². The molecule has 5 heteroatoms. The van der Waals surface area contributed by atoms with Gasteiger partial charge in [0.15, 0.2) is 0 Å². The van der Waals surface area contributed by atoms with Gasteiger partial charge in [-0.15, -0.1) is 0 Å². The first-order valence-electron chi connectivity index (χ1n) is 6.71. The Hall–Kier alpha value is -1.99. The molecule has 0 aliphatic heterocycles. The molecule has 0 N–H and O–H groups in total. The fraction of sp³-hybridized carbons (Fsp3) is 0.235. The minimum atomic E-state index is -4.35. The topological polar surface area (TPSA) is 23.8 Å². The first kappa shape index (κ1) is 16.4. The van der Waals surface area contributed by atoms with Crippen LogP contribution in [0.25, 0.3) is 0 Å². The van der Waals surface area contributed by atoms with E-state index in [0.717, 1.165) is 17.7 Å². The molecule has 0 aromatic heterocycles. The number of alkyl halides is 3. The summed E-state index contributed by atoms with van der Waals surface area (Å²) in [5.74, 6) is -0.369. The van der Waals surface area contributed by atoms with Crippen molar-refractivity contribution in [2.75, 3.05) is 0 Å². The molecule has 0 heterocycles. The molecule has 2 rings (SSSR count). The van der Waals surface area contributed by atoms with Gasteiger partial charge >= 0.3 is 6.18 Å². The lowest BCUT2D eigenvalue weighted by molar-refractivity contribution is -0.137. The van der Waals surface area contributed by atoms with E-state index in [4.69, 9.17) is 11.6 Å². The number of nitriles is 1. The van der Waals surface area contributed by atoms with Crippen LogP contribution in [0.15, 0.2) is 48.5 Å². The van der Waals surface area contributed by atoms with Gasteiger partial charge in [0, 0.05) is 5.02 Å². The molecule has 114 valence electrons. The van der Waals surface area contributed by atoms with Crippen molar-refractivity contribution in [2.24, 2.45) is 0 Å². The highest BCUT2D eigenvalue weighted by atomic mass is 35.5. The van der Waals surface area contributed by atoms with Crippen LogP contribution in [0.5, 0.6) is 0 Å². The molecular formula is C17H13ClF3N. The van der Waals surface area contributed by atoms with Crippen LogP contribution in [-0.2, 0) is 12.6 Å². The van der Waals surface area contributed by atoms with Crippen LogP contribution in [0, 0.1) is 11.3 Å². The second kappa shape index (κ2) is 6.85. The fourth-order valence-electron chi connectivity index (χ4n) is 2.22. The normalized spacial score (nSPS) is 12.7. The monoisotopic (exact) mass is 323 g/mol. The van der Waals surface area contributed by atoms with Gasteiger partial charge < -0.3 is 0 Å². The summed E-state index contributed by atoms with van der Waals surface area (Å²) in [5, 5.41) is 9.83. The Labute approximate surface area is 132 Å². The van der Waals surface area contributed by atoms with E-state index in [9.17, 15) is 18.4 Å². The predicted octanol–water partition coefficient (Wildman–Crippen LogP) is 5.60. The largest absolute Gasteiger partial charge is 0.416 e. The Bertz CT molecular complexity index is 672. The molecule has 0 spiro atoms. The van der Waals surface area contributed by atoms with Gasteiger partial charge in [-0.05, 0) is 42.2 Å². The first-order chi connectivity index (χ1) is 10.4. The molecular weight excluding hydrogens is 311 g/mol. The Morgan fingerprint density at radius 1 is 1.09 bits per heavy atom. The van der Waals surface area contributed by atoms with Crippen LogP contribution in [-0.4, -0.2) is 0 Å². The molecule has 0 aliphatic rings. The summed E-state index contributed by atoms with van der Waals surface area (Å²) in [7, 11) is 0. The van der Waals surface area contributed by atoms with Crippen molar-refractivity contribution in [1.82, 2.24) is 0 Å². The van der Waals surface area contributed by atoms with Crippen LogP contribution in [0.2, 0.25) is 5.02 Å². The second-order valence-electron chi connectivity index (χ2n) is 4.97. The third-order valence-corrected chi connectivity index (χ3v) is 3.66. The second-order valence-corrected chi connectivity index (χ2v) is 5.41. The van der Waals surface area contributed by atoms with Crippen LogP contribution >= 0.6 is 11.6 Å². The van der Waals surface area contributed by atoms with E-state index in [1.165, 1.54) is 6.07 Å². The molecule has 1 nitrogen and oxygen atoms in total. The minimum Gasteiger partial charge on any atom is -0.198 e. The fourth-order valence-corrected chi connectivity index (χ4v) is 2.34. The minimum absolute atomic E-state index is 0.369. The average Bonchev–Trinajstić information content (AvgIpc) is 2.49. The number of rotatable bonds is 4. The molecule has 1 atom stereocenters. The molecule has 2 aromatic carbocycles. The van der Waals surface area contributed by atoms with E-state index in [2.05, 4.69) is 6.07 Å². The number of aryl methyl sites for hydroxylation is 1. The number of hydrogen-bond donors (Lipinski definition) is 0. The molecule has 0 bridgehead atoms. The van der Waals surface area contributed by atoms with Crippen molar-refractivity contribution in [2.45, 2.75) is 24.9 Å². The van der Waals surface area contributed by atoms with Crippen LogP contribution in [0.4, 0.5) is 13.2 Å². The Morgan fingerprint density at radius 2 is 1.77 bits per heavy atom. The zero-order valence-electron chi connectivity index (χ0n) is 11.6. The number of halogens is 4. The van der Waals surface area contributed by atoms with Gasteiger partial charge in [-0.2, -0.15) is 18.4 Å². The molecule has 0 saturated heterocycles. The van der Waals surface area contributed by atoms with E-state index in [1.807, 2.05) is 0 Å². The molecule has 0 saturated carbocycles. The standard InChI is InChI=1S/C17H13ClF3N/c18-16-8-6-13(7-9-16)14(11-22)5-4-12-2-1-3-15(10-12)17(19,20)21/h1-3,6-10,14H,4-5H2. The summed E-state index contributed by atoms with van der Waals surface area (Å²) in [6.07, 6.45) is -3.48. The van der Waals surface area contributed by atoms with E-state index >= 15 is 0 Å². The quantitative estimate of drug-likeness (QED) is 0.718. The van der Waals surface area contributed by atoms with Crippen molar-refractivity contribution >= 4 is 11.6 Å². The molecule has 1 unspecified atom stereocenters. The van der Waals surface area contributed by atoms with Gasteiger partial charge in [0.25, 0.3) is 0 Å². The lowest BCUT2D eigenvalue weighted by atomic mass is 9.93. The van der Waals surface area contributed by atoms with Gasteiger partial charge in [0.2, 0.25) is 0 Å². The van der Waals surface area contributed by atoms with Gasteiger partial charge in [-0.25, -0.2) is 0 Å². The van der Waals surface area contributed by atoms with Crippen LogP contribution in [0.1, 0.15) is 29.0 Å². The zero-order chi connectivity index (χ0) is 16.2. The highest BCUT2D eigenvalue weighted by Crippen LogP contribution is 2.30. The van der Waals surface area contributed by atoms with Crippen molar-refractivity contribution in [3.63, 3.8) is 0 Å². The maximum Gasteiger partial charge on any atom is 0.416 e.